The zero-order chi connectivity index (χ0) is 17.8. The first kappa shape index (κ1) is 16.7. The van der Waals surface area contributed by atoms with Crippen molar-refractivity contribution in [3.05, 3.63) is 53.9 Å². The van der Waals surface area contributed by atoms with Crippen molar-refractivity contribution in [3.8, 4) is 11.6 Å². The second-order valence-corrected chi connectivity index (χ2v) is 5.81. The van der Waals surface area contributed by atoms with Gasteiger partial charge in [0.1, 0.15) is 5.75 Å². The first-order valence-electron chi connectivity index (χ1n) is 7.96. The summed E-state index contributed by atoms with van der Waals surface area (Å²) in [5, 5.41) is 7.68. The normalized spacial score (nSPS) is 12.4. The fourth-order valence-corrected chi connectivity index (χ4v) is 2.40. The van der Waals surface area contributed by atoms with E-state index >= 15 is 0 Å². The minimum Gasteiger partial charge on any atom is -0.439 e. The van der Waals surface area contributed by atoms with Gasteiger partial charge in [-0.2, -0.15) is 0 Å². The summed E-state index contributed by atoms with van der Waals surface area (Å²) in [6.07, 6.45) is 5.52. The Hall–Kier alpha value is -3.15. The molecule has 0 radical (unpaired) electrons. The van der Waals surface area contributed by atoms with Crippen LogP contribution in [0.15, 0.2) is 47.1 Å². The Morgan fingerprint density at radius 3 is 2.88 bits per heavy atom. The number of carbonyl (C=O) groups is 1. The average molecular weight is 337 g/mol. The Bertz CT molecular complexity index is 913. The van der Waals surface area contributed by atoms with Crippen molar-refractivity contribution >= 4 is 23.0 Å². The number of aromatic nitrogens is 2. The Labute approximate surface area is 145 Å². The van der Waals surface area contributed by atoms with E-state index in [1.54, 1.807) is 18.3 Å². The molecule has 0 unspecified atom stereocenters. The Balaban J connectivity index is 1.67. The summed E-state index contributed by atoms with van der Waals surface area (Å²) < 4.78 is 11.0. The molecule has 3 rings (SSSR count). The Morgan fingerprint density at radius 1 is 1.32 bits per heavy atom. The maximum atomic E-state index is 11.0. The van der Waals surface area contributed by atoms with Crippen LogP contribution in [0, 0.1) is 6.92 Å². The Morgan fingerprint density at radius 2 is 2.16 bits per heavy atom. The van der Waals surface area contributed by atoms with Gasteiger partial charge in [-0.25, -0.2) is 4.98 Å². The molecule has 0 aliphatic carbocycles. The molecule has 0 saturated carbocycles. The maximum Gasteiger partial charge on any atom is 0.219 e. The molecule has 3 aromatic rings. The van der Waals surface area contributed by atoms with Gasteiger partial charge in [-0.15, -0.1) is 0 Å². The van der Waals surface area contributed by atoms with Gasteiger partial charge in [-0.3, -0.25) is 4.79 Å². The number of hydrogen-bond donors (Lipinski definition) is 1. The highest BCUT2D eigenvalue weighted by molar-refractivity contribution is 5.80. The number of fused-ring (bicyclic) bond motifs is 1. The molecule has 1 aromatic carbocycles. The van der Waals surface area contributed by atoms with Crippen LogP contribution in [0.25, 0.3) is 17.0 Å². The zero-order valence-corrected chi connectivity index (χ0v) is 14.3. The highest BCUT2D eigenvalue weighted by atomic mass is 16.5. The second kappa shape index (κ2) is 7.17. The predicted molar refractivity (Wildman–Crippen MR) is 95.4 cm³/mol. The molecular weight excluding hydrogens is 318 g/mol. The summed E-state index contributed by atoms with van der Waals surface area (Å²) in [6, 6.07) is 9.22. The van der Waals surface area contributed by atoms with Gasteiger partial charge < -0.3 is 14.6 Å². The molecule has 0 saturated heterocycles. The molecule has 0 spiro atoms. The fourth-order valence-electron chi connectivity index (χ4n) is 2.40. The van der Waals surface area contributed by atoms with Crippen LogP contribution in [0.2, 0.25) is 0 Å². The molecule has 25 heavy (non-hydrogen) atoms. The molecule has 6 heteroatoms. The lowest BCUT2D eigenvalue weighted by Crippen LogP contribution is -2.28. The molecule has 2 heterocycles. The van der Waals surface area contributed by atoms with Gasteiger partial charge in [0.15, 0.2) is 5.58 Å². The summed E-state index contributed by atoms with van der Waals surface area (Å²) in [7, 11) is 0. The van der Waals surface area contributed by atoms with Crippen LogP contribution < -0.4 is 10.1 Å². The third-order valence-electron chi connectivity index (χ3n) is 3.61. The number of nitrogens with one attached hydrogen (secondary N) is 1. The summed E-state index contributed by atoms with van der Waals surface area (Å²) in [5.41, 5.74) is 2.46. The van der Waals surface area contributed by atoms with Crippen LogP contribution in [0.4, 0.5) is 0 Å². The highest BCUT2D eigenvalue weighted by Gasteiger charge is 2.06. The molecular formula is C19H19N3O3. The van der Waals surface area contributed by atoms with Gasteiger partial charge >= 0.3 is 0 Å². The SMILES string of the molecule is CC(=O)N[C@@H](C)/C=C/c1ccc(Oc2ccc3c(C)noc3c2)nc1. The van der Waals surface area contributed by atoms with E-state index in [-0.39, 0.29) is 11.9 Å². The number of pyridine rings is 1. The molecule has 0 aliphatic heterocycles. The maximum absolute atomic E-state index is 11.0. The first-order valence-corrected chi connectivity index (χ1v) is 7.96. The molecule has 1 N–H and O–H groups in total. The summed E-state index contributed by atoms with van der Waals surface area (Å²) in [6.45, 7) is 5.30. The molecule has 0 bridgehead atoms. The fraction of sp³-hybridized carbons (Fsp3) is 0.211. The van der Waals surface area contributed by atoms with Crippen molar-refractivity contribution in [1.82, 2.24) is 15.5 Å². The number of ether oxygens (including phenoxy) is 1. The minimum absolute atomic E-state index is 0.0366. The number of aryl methyl sites for hydroxylation is 1. The topological polar surface area (TPSA) is 77.2 Å². The number of amides is 1. The van der Waals surface area contributed by atoms with Crippen molar-refractivity contribution in [2.24, 2.45) is 0 Å². The van der Waals surface area contributed by atoms with Crippen molar-refractivity contribution in [1.29, 1.82) is 0 Å². The van der Waals surface area contributed by atoms with Gasteiger partial charge in [0.05, 0.1) is 5.69 Å². The van der Waals surface area contributed by atoms with Gasteiger partial charge in [-0.05, 0) is 37.6 Å². The quantitative estimate of drug-likeness (QED) is 0.765. The molecule has 128 valence electrons. The highest BCUT2D eigenvalue weighted by Crippen LogP contribution is 2.26. The molecule has 0 fully saturated rings. The summed E-state index contributed by atoms with van der Waals surface area (Å²) in [5.74, 6) is 1.07. The van der Waals surface area contributed by atoms with Crippen molar-refractivity contribution in [3.63, 3.8) is 0 Å². The van der Waals surface area contributed by atoms with Crippen LogP contribution in [0.1, 0.15) is 25.1 Å². The third kappa shape index (κ3) is 4.23. The van der Waals surface area contributed by atoms with Gasteiger partial charge in [0, 0.05) is 36.7 Å². The molecule has 1 atom stereocenters. The lowest BCUT2D eigenvalue weighted by molar-refractivity contribution is -0.119. The van der Waals surface area contributed by atoms with Gasteiger partial charge in [0.2, 0.25) is 11.8 Å². The van der Waals surface area contributed by atoms with E-state index in [9.17, 15) is 4.79 Å². The van der Waals surface area contributed by atoms with Crippen molar-refractivity contribution in [2.75, 3.05) is 0 Å². The van der Waals surface area contributed by atoms with Crippen LogP contribution in [-0.2, 0) is 4.79 Å². The van der Waals surface area contributed by atoms with Crippen LogP contribution in [0.5, 0.6) is 11.6 Å². The molecule has 0 aliphatic rings. The van der Waals surface area contributed by atoms with E-state index in [0.29, 0.717) is 17.2 Å². The molecule has 2 aromatic heterocycles. The number of benzene rings is 1. The van der Waals surface area contributed by atoms with E-state index in [1.807, 2.05) is 44.2 Å². The average Bonchev–Trinajstić information content (AvgIpc) is 2.94. The van der Waals surface area contributed by atoms with Gasteiger partial charge in [-0.1, -0.05) is 17.3 Å². The smallest absolute Gasteiger partial charge is 0.219 e. The predicted octanol–water partition coefficient (Wildman–Crippen LogP) is 3.86. The summed E-state index contributed by atoms with van der Waals surface area (Å²) in [4.78, 5) is 15.3. The largest absolute Gasteiger partial charge is 0.439 e. The third-order valence-corrected chi connectivity index (χ3v) is 3.61. The lowest BCUT2D eigenvalue weighted by atomic mass is 10.2. The van der Waals surface area contributed by atoms with Gasteiger partial charge in [0.25, 0.3) is 0 Å². The van der Waals surface area contributed by atoms with E-state index in [1.165, 1.54) is 6.92 Å². The summed E-state index contributed by atoms with van der Waals surface area (Å²) >= 11 is 0. The van der Waals surface area contributed by atoms with Crippen LogP contribution in [0.3, 0.4) is 0 Å². The van der Waals surface area contributed by atoms with Crippen molar-refractivity contribution in [2.45, 2.75) is 26.8 Å². The first-order chi connectivity index (χ1) is 12.0. The standard InChI is InChI=1S/C19H19N3O3/c1-12(21-14(3)23)4-5-15-6-9-19(20-11-15)24-16-7-8-17-13(2)22-25-18(17)10-16/h4-12H,1-3H3,(H,21,23)/b5-4+/t12-/m0/s1. The number of rotatable bonds is 5. The van der Waals surface area contributed by atoms with Crippen LogP contribution >= 0.6 is 0 Å². The van der Waals surface area contributed by atoms with Crippen LogP contribution in [-0.4, -0.2) is 22.1 Å². The Kier molecular flexibility index (Phi) is 4.79. The monoisotopic (exact) mass is 337 g/mol. The molecule has 1 amide bonds. The lowest BCUT2D eigenvalue weighted by Gasteiger charge is -2.07. The van der Waals surface area contributed by atoms with E-state index in [2.05, 4.69) is 15.5 Å². The van der Waals surface area contributed by atoms with Crippen molar-refractivity contribution < 1.29 is 14.1 Å². The zero-order valence-electron chi connectivity index (χ0n) is 14.3. The number of carbonyl (C=O) groups excluding carboxylic acids is 1. The van der Waals surface area contributed by atoms with E-state index in [0.717, 1.165) is 16.6 Å². The van der Waals surface area contributed by atoms with E-state index in [4.69, 9.17) is 9.26 Å². The minimum atomic E-state index is -0.0575. The number of hydrogen-bond acceptors (Lipinski definition) is 5. The number of nitrogens with zero attached hydrogens (tertiary/aromatic N) is 2. The second-order valence-electron chi connectivity index (χ2n) is 5.81. The molecule has 6 nitrogen and oxygen atoms in total. The van der Waals surface area contributed by atoms with E-state index < -0.39 is 0 Å².